The number of carbonyl (C=O) groups is 1. The van der Waals surface area contributed by atoms with E-state index in [9.17, 15) is 13.2 Å². The van der Waals surface area contributed by atoms with E-state index in [1.807, 2.05) is 6.07 Å². The summed E-state index contributed by atoms with van der Waals surface area (Å²) in [5, 5.41) is 0. The molecule has 1 rings (SSSR count). The van der Waals surface area contributed by atoms with Gasteiger partial charge in [0.25, 0.3) is 0 Å². The van der Waals surface area contributed by atoms with Crippen LogP contribution in [0.4, 0.5) is 0 Å². The first-order valence-electron chi connectivity index (χ1n) is 6.33. The number of hydrogen-bond acceptors (Lipinski definition) is 4. The topological polar surface area (TPSA) is 60.4 Å². The van der Waals surface area contributed by atoms with E-state index in [2.05, 4.69) is 0 Å². The molecule has 0 bridgehead atoms. The van der Waals surface area contributed by atoms with Gasteiger partial charge in [0.15, 0.2) is 5.78 Å². The molecule has 0 aromatic heterocycles. The zero-order valence-electron chi connectivity index (χ0n) is 11.2. The number of carbonyl (C=O) groups excluding carboxylic acids is 1. The van der Waals surface area contributed by atoms with Crippen molar-refractivity contribution in [3.05, 3.63) is 35.9 Å². The van der Waals surface area contributed by atoms with Gasteiger partial charge in [-0.2, -0.15) is 0 Å². The average Bonchev–Trinajstić information content (AvgIpc) is 2.39. The van der Waals surface area contributed by atoms with E-state index in [1.165, 1.54) is 0 Å². The molecule has 0 N–H and O–H groups in total. The second-order valence-corrected chi connectivity index (χ2v) is 6.69. The first-order chi connectivity index (χ1) is 9.05. The van der Waals surface area contributed by atoms with Crippen LogP contribution >= 0.6 is 0 Å². The Morgan fingerprint density at radius 2 is 1.74 bits per heavy atom. The Morgan fingerprint density at radius 1 is 1.11 bits per heavy atom. The molecule has 0 atom stereocenters. The predicted molar refractivity (Wildman–Crippen MR) is 75.2 cm³/mol. The molecule has 0 fully saturated rings. The second-order valence-electron chi connectivity index (χ2n) is 4.39. The first-order valence-corrected chi connectivity index (χ1v) is 8.15. The zero-order valence-corrected chi connectivity index (χ0v) is 12.0. The first kappa shape index (κ1) is 15.9. The van der Waals surface area contributed by atoms with Crippen molar-refractivity contribution in [3.63, 3.8) is 0 Å². The third-order valence-corrected chi connectivity index (χ3v) is 4.58. The molecule has 0 spiro atoms. The predicted octanol–water partition coefficient (Wildman–Crippen LogP) is 2.10. The fourth-order valence-electron chi connectivity index (χ4n) is 1.75. The fourth-order valence-corrected chi connectivity index (χ4v) is 3.09. The van der Waals surface area contributed by atoms with Gasteiger partial charge in [-0.15, -0.1) is 0 Å². The average molecular weight is 284 g/mol. The molecule has 0 aliphatic rings. The number of rotatable bonds is 9. The molecule has 0 saturated carbocycles. The second kappa shape index (κ2) is 8.07. The van der Waals surface area contributed by atoms with Gasteiger partial charge in [0.1, 0.15) is 9.84 Å². The molecule has 0 unspecified atom stereocenters. The molecule has 0 amide bonds. The molecular formula is C14H20O4S. The smallest absolute Gasteiger partial charge is 0.162 e. The number of sulfone groups is 1. The largest absolute Gasteiger partial charge is 0.385 e. The fraction of sp³-hybridized carbons (Fsp3) is 0.500. The summed E-state index contributed by atoms with van der Waals surface area (Å²) in [7, 11) is -1.52. The van der Waals surface area contributed by atoms with Crippen molar-refractivity contribution in [2.24, 2.45) is 0 Å². The van der Waals surface area contributed by atoms with Crippen LogP contribution in [0.3, 0.4) is 0 Å². The van der Waals surface area contributed by atoms with Crippen LogP contribution in [0.2, 0.25) is 0 Å². The molecule has 1 aromatic carbocycles. The summed E-state index contributed by atoms with van der Waals surface area (Å²) < 4.78 is 28.1. The Kier molecular flexibility index (Phi) is 6.73. The summed E-state index contributed by atoms with van der Waals surface area (Å²) in [6.07, 6.45) is 1.15. The van der Waals surface area contributed by atoms with Crippen LogP contribution in [0, 0.1) is 0 Å². The third kappa shape index (κ3) is 6.50. The highest BCUT2D eigenvalue weighted by Gasteiger charge is 2.12. The number of ketones is 1. The minimum Gasteiger partial charge on any atom is -0.385 e. The Hall–Kier alpha value is -1.20. The van der Waals surface area contributed by atoms with Gasteiger partial charge < -0.3 is 4.74 Å². The molecule has 106 valence electrons. The van der Waals surface area contributed by atoms with Gasteiger partial charge in [0.2, 0.25) is 0 Å². The van der Waals surface area contributed by atoms with E-state index in [1.54, 1.807) is 31.4 Å². The Labute approximate surface area is 114 Å². The van der Waals surface area contributed by atoms with E-state index in [-0.39, 0.29) is 23.7 Å². The van der Waals surface area contributed by atoms with Gasteiger partial charge in [-0.1, -0.05) is 30.3 Å². The van der Waals surface area contributed by atoms with E-state index >= 15 is 0 Å². The minimum absolute atomic E-state index is 0.00677. The Morgan fingerprint density at radius 3 is 2.37 bits per heavy atom. The Bertz CT molecular complexity index is 479. The maximum Gasteiger partial charge on any atom is 0.162 e. The molecule has 0 aliphatic carbocycles. The monoisotopic (exact) mass is 284 g/mol. The zero-order chi connectivity index (χ0) is 14.1. The standard InChI is InChI=1S/C14H20O4S/c1-18-10-6-12-19(16,17)11-5-9-14(15)13-7-3-2-4-8-13/h2-4,7-8H,5-6,9-12H2,1H3. The van der Waals surface area contributed by atoms with Crippen molar-refractivity contribution in [3.8, 4) is 0 Å². The van der Waals surface area contributed by atoms with Crippen molar-refractivity contribution < 1.29 is 17.9 Å². The molecule has 0 radical (unpaired) electrons. The number of benzene rings is 1. The number of ether oxygens (including phenoxy) is 1. The van der Waals surface area contributed by atoms with Gasteiger partial charge in [-0.3, -0.25) is 4.79 Å². The number of methoxy groups -OCH3 is 1. The SMILES string of the molecule is COCCCS(=O)(=O)CCCC(=O)c1ccccc1. The highest BCUT2D eigenvalue weighted by molar-refractivity contribution is 7.91. The molecule has 4 nitrogen and oxygen atoms in total. The Balaban J connectivity index is 2.32. The van der Waals surface area contributed by atoms with Crippen molar-refractivity contribution in [2.75, 3.05) is 25.2 Å². The highest BCUT2D eigenvalue weighted by atomic mass is 32.2. The van der Waals surface area contributed by atoms with Crippen LogP contribution in [0.5, 0.6) is 0 Å². The van der Waals surface area contributed by atoms with Gasteiger partial charge >= 0.3 is 0 Å². The van der Waals surface area contributed by atoms with E-state index in [4.69, 9.17) is 4.74 Å². The lowest BCUT2D eigenvalue weighted by Gasteiger charge is -2.04. The number of Topliss-reactive ketones (excluding diaryl/α,β-unsaturated/α-hetero) is 1. The van der Waals surface area contributed by atoms with Crippen molar-refractivity contribution >= 4 is 15.6 Å². The lowest BCUT2D eigenvalue weighted by molar-refractivity contribution is 0.0982. The molecule has 0 aliphatic heterocycles. The molecule has 19 heavy (non-hydrogen) atoms. The third-order valence-electron chi connectivity index (χ3n) is 2.76. The van der Waals surface area contributed by atoms with E-state index in [0.29, 0.717) is 25.0 Å². The summed E-state index contributed by atoms with van der Waals surface area (Å²) in [6.45, 7) is 0.447. The summed E-state index contributed by atoms with van der Waals surface area (Å²) in [5.41, 5.74) is 0.638. The van der Waals surface area contributed by atoms with Crippen molar-refractivity contribution in [1.82, 2.24) is 0 Å². The normalized spacial score (nSPS) is 11.4. The van der Waals surface area contributed by atoms with Crippen LogP contribution in [0.1, 0.15) is 29.6 Å². The lowest BCUT2D eigenvalue weighted by Crippen LogP contribution is -2.13. The van der Waals surface area contributed by atoms with E-state index < -0.39 is 9.84 Å². The van der Waals surface area contributed by atoms with Gasteiger partial charge in [0.05, 0.1) is 11.5 Å². The molecule has 5 heteroatoms. The summed E-state index contributed by atoms with van der Waals surface area (Å²) in [6, 6.07) is 8.94. The summed E-state index contributed by atoms with van der Waals surface area (Å²) >= 11 is 0. The van der Waals surface area contributed by atoms with Crippen LogP contribution in [0.25, 0.3) is 0 Å². The van der Waals surface area contributed by atoms with Crippen molar-refractivity contribution in [2.45, 2.75) is 19.3 Å². The molecule has 1 aromatic rings. The maximum absolute atomic E-state index is 11.8. The van der Waals surface area contributed by atoms with Crippen LogP contribution < -0.4 is 0 Å². The molecule has 0 heterocycles. The maximum atomic E-state index is 11.8. The molecule has 0 saturated heterocycles. The van der Waals surface area contributed by atoms with Gasteiger partial charge in [-0.25, -0.2) is 8.42 Å². The summed E-state index contributed by atoms with van der Waals surface area (Å²) in [5.74, 6) is 0.183. The quantitative estimate of drug-likeness (QED) is 0.514. The van der Waals surface area contributed by atoms with Gasteiger partial charge in [0, 0.05) is 25.7 Å². The van der Waals surface area contributed by atoms with Gasteiger partial charge in [-0.05, 0) is 12.8 Å². The highest BCUT2D eigenvalue weighted by Crippen LogP contribution is 2.07. The van der Waals surface area contributed by atoms with Crippen LogP contribution in [-0.2, 0) is 14.6 Å². The van der Waals surface area contributed by atoms with Crippen molar-refractivity contribution in [1.29, 1.82) is 0 Å². The summed E-state index contributed by atoms with van der Waals surface area (Å²) in [4.78, 5) is 11.8. The van der Waals surface area contributed by atoms with E-state index in [0.717, 1.165) is 0 Å². The van der Waals surface area contributed by atoms with Crippen LogP contribution in [-0.4, -0.2) is 39.4 Å². The molecular weight excluding hydrogens is 264 g/mol. The minimum atomic E-state index is -3.06. The van der Waals surface area contributed by atoms with Crippen LogP contribution in [0.15, 0.2) is 30.3 Å². The number of hydrogen-bond donors (Lipinski definition) is 0. The lowest BCUT2D eigenvalue weighted by atomic mass is 10.1.